The van der Waals surface area contributed by atoms with Crippen molar-refractivity contribution in [1.82, 2.24) is 4.98 Å². The minimum atomic E-state index is 1.12. The summed E-state index contributed by atoms with van der Waals surface area (Å²) in [6, 6.07) is 23.8. The summed E-state index contributed by atoms with van der Waals surface area (Å²) in [5, 5.41) is 0. The van der Waals surface area contributed by atoms with Crippen LogP contribution >= 0.6 is 0 Å². The van der Waals surface area contributed by atoms with Gasteiger partial charge in [-0.3, -0.25) is 4.98 Å². The zero-order valence-electron chi connectivity index (χ0n) is 9.88. The number of pyridine rings is 1. The van der Waals surface area contributed by atoms with Gasteiger partial charge in [0.05, 0.1) is 0 Å². The number of hydrogen-bond acceptors (Lipinski definition) is 1. The van der Waals surface area contributed by atoms with Crippen LogP contribution in [0.1, 0.15) is 0 Å². The molecule has 0 spiro atoms. The van der Waals surface area contributed by atoms with Crippen molar-refractivity contribution >= 4 is 0 Å². The van der Waals surface area contributed by atoms with E-state index >= 15 is 0 Å². The Morgan fingerprint density at radius 1 is 0.722 bits per heavy atom. The maximum Gasteiger partial charge on any atom is 0.0273 e. The molecule has 0 saturated heterocycles. The highest BCUT2D eigenvalue weighted by molar-refractivity contribution is 5.72. The molecule has 18 heavy (non-hydrogen) atoms. The van der Waals surface area contributed by atoms with E-state index < -0.39 is 0 Å². The van der Waals surface area contributed by atoms with Crippen molar-refractivity contribution in [3.63, 3.8) is 0 Å². The first kappa shape index (κ1) is 10.7. The first-order valence-electron chi connectivity index (χ1n) is 5.91. The maximum absolute atomic E-state index is 4.05. The Labute approximate surface area is 107 Å². The van der Waals surface area contributed by atoms with E-state index in [1.165, 1.54) is 16.7 Å². The summed E-state index contributed by atoms with van der Waals surface area (Å²) in [6.07, 6.45) is 3.63. The second-order valence-corrected chi connectivity index (χ2v) is 4.09. The van der Waals surface area contributed by atoms with Gasteiger partial charge in [-0.25, -0.2) is 0 Å². The van der Waals surface area contributed by atoms with E-state index in [0.29, 0.717) is 0 Å². The number of aromatic nitrogens is 1. The average Bonchev–Trinajstić information content (AvgIpc) is 2.49. The van der Waals surface area contributed by atoms with E-state index in [9.17, 15) is 0 Å². The first-order chi connectivity index (χ1) is 8.93. The van der Waals surface area contributed by atoms with Crippen molar-refractivity contribution in [2.24, 2.45) is 0 Å². The van der Waals surface area contributed by atoms with Crippen LogP contribution in [-0.2, 0) is 0 Å². The molecular weight excluding hydrogens is 218 g/mol. The SMILES string of the molecule is [c]1ccccc1-c1cccc(-c2ccncc2)c1. The summed E-state index contributed by atoms with van der Waals surface area (Å²) in [5.41, 5.74) is 4.69. The lowest BCUT2D eigenvalue weighted by molar-refractivity contribution is 1.33. The van der Waals surface area contributed by atoms with E-state index in [1.54, 1.807) is 0 Å². The van der Waals surface area contributed by atoms with Crippen LogP contribution in [0.3, 0.4) is 0 Å². The predicted molar refractivity (Wildman–Crippen MR) is 73.9 cm³/mol. The zero-order valence-corrected chi connectivity index (χ0v) is 9.88. The Morgan fingerprint density at radius 3 is 2.33 bits per heavy atom. The molecular formula is C17H12N. The second-order valence-electron chi connectivity index (χ2n) is 4.09. The lowest BCUT2D eigenvalue weighted by Crippen LogP contribution is -1.81. The normalized spacial score (nSPS) is 10.2. The topological polar surface area (TPSA) is 12.9 Å². The van der Waals surface area contributed by atoms with E-state index in [1.807, 2.05) is 42.7 Å². The van der Waals surface area contributed by atoms with Crippen LogP contribution in [-0.4, -0.2) is 4.98 Å². The monoisotopic (exact) mass is 230 g/mol. The molecule has 1 radical (unpaired) electrons. The molecule has 0 fully saturated rings. The van der Waals surface area contributed by atoms with Crippen molar-refractivity contribution in [3.8, 4) is 22.3 Å². The molecule has 0 aliphatic carbocycles. The van der Waals surface area contributed by atoms with Crippen LogP contribution in [0.25, 0.3) is 22.3 Å². The molecule has 0 saturated carbocycles. The van der Waals surface area contributed by atoms with E-state index in [-0.39, 0.29) is 0 Å². The molecule has 2 aromatic carbocycles. The van der Waals surface area contributed by atoms with Gasteiger partial charge >= 0.3 is 0 Å². The summed E-state index contributed by atoms with van der Waals surface area (Å²) in [5.74, 6) is 0. The van der Waals surface area contributed by atoms with Crippen LogP contribution in [0.15, 0.2) is 73.1 Å². The van der Waals surface area contributed by atoms with Gasteiger partial charge < -0.3 is 0 Å². The van der Waals surface area contributed by atoms with Crippen LogP contribution in [0, 0.1) is 6.07 Å². The smallest absolute Gasteiger partial charge is 0.0273 e. The molecule has 1 heteroatoms. The average molecular weight is 230 g/mol. The van der Waals surface area contributed by atoms with Crippen molar-refractivity contribution in [2.75, 3.05) is 0 Å². The first-order valence-corrected chi connectivity index (χ1v) is 5.91. The third kappa shape index (κ3) is 2.16. The Balaban J connectivity index is 2.05. The zero-order chi connectivity index (χ0) is 12.2. The summed E-state index contributed by atoms with van der Waals surface area (Å²) in [4.78, 5) is 4.05. The Kier molecular flexibility index (Phi) is 2.89. The van der Waals surface area contributed by atoms with Crippen LogP contribution < -0.4 is 0 Å². The lowest BCUT2D eigenvalue weighted by Gasteiger charge is -2.05. The van der Waals surface area contributed by atoms with Gasteiger partial charge in [-0.2, -0.15) is 0 Å². The maximum atomic E-state index is 4.05. The molecule has 1 nitrogen and oxygen atoms in total. The lowest BCUT2D eigenvalue weighted by atomic mass is 10.00. The largest absolute Gasteiger partial charge is 0.265 e. The van der Waals surface area contributed by atoms with Gasteiger partial charge in [-0.15, -0.1) is 0 Å². The van der Waals surface area contributed by atoms with Gasteiger partial charge in [-0.1, -0.05) is 42.5 Å². The summed E-state index contributed by atoms with van der Waals surface area (Å²) < 4.78 is 0. The van der Waals surface area contributed by atoms with E-state index in [4.69, 9.17) is 0 Å². The fourth-order valence-electron chi connectivity index (χ4n) is 1.98. The highest BCUT2D eigenvalue weighted by Crippen LogP contribution is 2.25. The highest BCUT2D eigenvalue weighted by atomic mass is 14.6. The molecule has 0 aliphatic rings. The third-order valence-corrected chi connectivity index (χ3v) is 2.90. The summed E-state index contributed by atoms with van der Waals surface area (Å²) >= 11 is 0. The summed E-state index contributed by atoms with van der Waals surface area (Å²) in [7, 11) is 0. The van der Waals surface area contributed by atoms with Crippen LogP contribution in [0.2, 0.25) is 0 Å². The minimum Gasteiger partial charge on any atom is -0.265 e. The van der Waals surface area contributed by atoms with E-state index in [2.05, 4.69) is 41.4 Å². The predicted octanol–water partition coefficient (Wildman–Crippen LogP) is 4.22. The molecule has 0 atom stereocenters. The Bertz CT molecular complexity index is 575. The Morgan fingerprint density at radius 2 is 1.56 bits per heavy atom. The number of hydrogen-bond donors (Lipinski definition) is 0. The minimum absolute atomic E-state index is 1.12. The van der Waals surface area contributed by atoms with Crippen LogP contribution in [0.5, 0.6) is 0 Å². The van der Waals surface area contributed by atoms with E-state index in [0.717, 1.165) is 5.56 Å². The number of nitrogens with zero attached hydrogens (tertiary/aromatic N) is 1. The van der Waals surface area contributed by atoms with Gasteiger partial charge in [0.15, 0.2) is 0 Å². The van der Waals surface area contributed by atoms with Crippen molar-refractivity contribution < 1.29 is 0 Å². The molecule has 85 valence electrons. The molecule has 0 amide bonds. The van der Waals surface area contributed by atoms with Crippen LogP contribution in [0.4, 0.5) is 0 Å². The van der Waals surface area contributed by atoms with Gasteiger partial charge in [0.25, 0.3) is 0 Å². The molecule has 1 aromatic heterocycles. The van der Waals surface area contributed by atoms with Gasteiger partial charge in [-0.05, 0) is 46.5 Å². The molecule has 0 aliphatic heterocycles. The molecule has 3 aromatic rings. The fraction of sp³-hybridized carbons (Fsp3) is 0. The summed E-state index contributed by atoms with van der Waals surface area (Å²) in [6.45, 7) is 0. The van der Waals surface area contributed by atoms with Crippen molar-refractivity contribution in [1.29, 1.82) is 0 Å². The molecule has 3 rings (SSSR count). The van der Waals surface area contributed by atoms with Crippen molar-refractivity contribution in [3.05, 3.63) is 79.1 Å². The molecule has 0 N–H and O–H groups in total. The molecule has 0 bridgehead atoms. The third-order valence-electron chi connectivity index (χ3n) is 2.90. The molecule has 1 heterocycles. The fourth-order valence-corrected chi connectivity index (χ4v) is 1.98. The van der Waals surface area contributed by atoms with Gasteiger partial charge in [0.2, 0.25) is 0 Å². The van der Waals surface area contributed by atoms with Crippen molar-refractivity contribution in [2.45, 2.75) is 0 Å². The highest BCUT2D eigenvalue weighted by Gasteiger charge is 2.00. The quantitative estimate of drug-likeness (QED) is 0.642. The van der Waals surface area contributed by atoms with Gasteiger partial charge in [0, 0.05) is 12.4 Å². The Hall–Kier alpha value is -2.41. The number of benzene rings is 2. The van der Waals surface area contributed by atoms with Gasteiger partial charge in [0.1, 0.15) is 0 Å². The standard InChI is InChI=1S/C17H12N/c1-2-5-14(6-3-1)16-7-4-8-17(13-16)15-9-11-18-12-10-15/h1-5,7-13H. The second kappa shape index (κ2) is 4.84. The number of rotatable bonds is 2. The molecule has 0 unspecified atom stereocenters.